The third kappa shape index (κ3) is 6.28. The molecular weight excluding hydrogens is 503 g/mol. The number of sulfonamides is 1. The number of aryl methyl sites for hydroxylation is 3. The summed E-state index contributed by atoms with van der Waals surface area (Å²) < 4.78 is 28.6. The Kier molecular flexibility index (Phi) is 8.08. The second kappa shape index (κ2) is 10.5. The average Bonchev–Trinajstić information content (AvgIpc) is 2.69. The standard InChI is InChI=1S/C24H23Cl3N2O3S/c1-15-9-16(2)24(17(3)10-15)33(31,32)29(13-18-7-8-21(26)22(27)11-18)14-23(30)28-20-6-4-5-19(25)12-20/h4-12H,13-14H2,1-3H3,(H,28,30). The van der Waals surface area contributed by atoms with Gasteiger partial charge in [-0.2, -0.15) is 4.31 Å². The van der Waals surface area contributed by atoms with Crippen molar-refractivity contribution in [3.63, 3.8) is 0 Å². The molecular formula is C24H23Cl3N2O3S. The van der Waals surface area contributed by atoms with Crippen molar-refractivity contribution in [2.45, 2.75) is 32.2 Å². The molecule has 33 heavy (non-hydrogen) atoms. The molecule has 3 rings (SSSR count). The highest BCUT2D eigenvalue weighted by molar-refractivity contribution is 7.89. The van der Waals surface area contributed by atoms with Gasteiger partial charge in [0, 0.05) is 17.3 Å². The Labute approximate surface area is 209 Å². The van der Waals surface area contributed by atoms with Crippen molar-refractivity contribution in [2.24, 2.45) is 0 Å². The predicted molar refractivity (Wildman–Crippen MR) is 135 cm³/mol. The smallest absolute Gasteiger partial charge is 0.244 e. The summed E-state index contributed by atoms with van der Waals surface area (Å²) in [4.78, 5) is 13.0. The van der Waals surface area contributed by atoms with E-state index in [1.165, 1.54) is 0 Å². The Morgan fingerprint density at radius 3 is 2.18 bits per heavy atom. The highest BCUT2D eigenvalue weighted by Gasteiger charge is 2.30. The fraction of sp³-hybridized carbons (Fsp3) is 0.208. The first kappa shape index (κ1) is 25.5. The number of anilines is 1. The van der Waals surface area contributed by atoms with Crippen LogP contribution in [0.15, 0.2) is 59.5 Å². The van der Waals surface area contributed by atoms with Gasteiger partial charge < -0.3 is 5.32 Å². The molecule has 0 aliphatic rings. The van der Waals surface area contributed by atoms with E-state index in [4.69, 9.17) is 34.8 Å². The van der Waals surface area contributed by atoms with Crippen molar-refractivity contribution in [1.29, 1.82) is 0 Å². The Hall–Kier alpha value is -2.09. The fourth-order valence-corrected chi connectivity index (χ4v) is 6.00. The van der Waals surface area contributed by atoms with Crippen LogP contribution >= 0.6 is 34.8 Å². The van der Waals surface area contributed by atoms with Crippen LogP contribution < -0.4 is 5.32 Å². The number of amides is 1. The lowest BCUT2D eigenvalue weighted by Gasteiger charge is -2.24. The summed E-state index contributed by atoms with van der Waals surface area (Å²) >= 11 is 18.1. The van der Waals surface area contributed by atoms with Crippen LogP contribution in [0.2, 0.25) is 15.1 Å². The minimum atomic E-state index is -4.03. The summed E-state index contributed by atoms with van der Waals surface area (Å²) in [7, 11) is -4.03. The van der Waals surface area contributed by atoms with Crippen molar-refractivity contribution in [3.05, 3.63) is 91.9 Å². The van der Waals surface area contributed by atoms with Gasteiger partial charge in [-0.1, -0.05) is 64.6 Å². The first-order chi connectivity index (χ1) is 15.5. The molecule has 0 heterocycles. The number of hydrogen-bond donors (Lipinski definition) is 1. The lowest BCUT2D eigenvalue weighted by Crippen LogP contribution is -2.38. The van der Waals surface area contributed by atoms with Gasteiger partial charge in [-0.25, -0.2) is 8.42 Å². The topological polar surface area (TPSA) is 66.5 Å². The molecule has 5 nitrogen and oxygen atoms in total. The molecule has 0 bridgehead atoms. The minimum absolute atomic E-state index is 0.0606. The summed E-state index contributed by atoms with van der Waals surface area (Å²) in [5, 5.41) is 3.83. The maximum absolute atomic E-state index is 13.7. The lowest BCUT2D eigenvalue weighted by molar-refractivity contribution is -0.116. The largest absolute Gasteiger partial charge is 0.325 e. The number of carbonyl (C=O) groups is 1. The normalized spacial score (nSPS) is 11.6. The molecule has 0 saturated heterocycles. The van der Waals surface area contributed by atoms with Crippen LogP contribution in [-0.4, -0.2) is 25.2 Å². The van der Waals surface area contributed by atoms with Crippen LogP contribution in [0.4, 0.5) is 5.69 Å². The van der Waals surface area contributed by atoms with Crippen molar-refractivity contribution in [3.8, 4) is 0 Å². The Morgan fingerprint density at radius 1 is 0.909 bits per heavy atom. The summed E-state index contributed by atoms with van der Waals surface area (Å²) in [6, 6.07) is 15.1. The van der Waals surface area contributed by atoms with Gasteiger partial charge in [0.05, 0.1) is 21.5 Å². The van der Waals surface area contributed by atoms with Gasteiger partial charge in [-0.3, -0.25) is 4.79 Å². The molecule has 0 atom stereocenters. The Morgan fingerprint density at radius 2 is 1.58 bits per heavy atom. The van der Waals surface area contributed by atoms with Gasteiger partial charge in [-0.05, 0) is 67.8 Å². The number of rotatable bonds is 7. The monoisotopic (exact) mass is 524 g/mol. The van der Waals surface area contributed by atoms with Crippen LogP contribution in [0.25, 0.3) is 0 Å². The van der Waals surface area contributed by atoms with Crippen LogP contribution in [0, 0.1) is 20.8 Å². The van der Waals surface area contributed by atoms with E-state index in [1.807, 2.05) is 19.1 Å². The summed E-state index contributed by atoms with van der Waals surface area (Å²) in [6.07, 6.45) is 0. The van der Waals surface area contributed by atoms with Gasteiger partial charge in [0.1, 0.15) is 0 Å². The van der Waals surface area contributed by atoms with Crippen molar-refractivity contribution < 1.29 is 13.2 Å². The van der Waals surface area contributed by atoms with E-state index in [9.17, 15) is 13.2 Å². The van der Waals surface area contributed by atoms with Crippen molar-refractivity contribution >= 4 is 56.4 Å². The van der Waals surface area contributed by atoms with Crippen LogP contribution in [0.3, 0.4) is 0 Å². The summed E-state index contributed by atoms with van der Waals surface area (Å²) in [5.74, 6) is -0.497. The summed E-state index contributed by atoms with van der Waals surface area (Å²) in [6.45, 7) is 4.94. The number of nitrogens with zero attached hydrogens (tertiary/aromatic N) is 1. The third-order valence-electron chi connectivity index (χ3n) is 4.97. The molecule has 1 amide bonds. The quantitative estimate of drug-likeness (QED) is 0.388. The zero-order valence-electron chi connectivity index (χ0n) is 18.3. The van der Waals surface area contributed by atoms with E-state index < -0.39 is 22.5 Å². The maximum atomic E-state index is 13.7. The number of carbonyl (C=O) groups excluding carboxylic acids is 1. The van der Waals surface area contributed by atoms with E-state index in [0.717, 1.165) is 9.87 Å². The van der Waals surface area contributed by atoms with Crippen molar-refractivity contribution in [1.82, 2.24) is 4.31 Å². The van der Waals surface area contributed by atoms with E-state index in [0.29, 0.717) is 37.4 Å². The molecule has 0 spiro atoms. The van der Waals surface area contributed by atoms with Gasteiger partial charge in [-0.15, -0.1) is 0 Å². The highest BCUT2D eigenvalue weighted by atomic mass is 35.5. The van der Waals surface area contributed by atoms with Gasteiger partial charge >= 0.3 is 0 Å². The van der Waals surface area contributed by atoms with Crippen molar-refractivity contribution in [2.75, 3.05) is 11.9 Å². The number of hydrogen-bond acceptors (Lipinski definition) is 3. The number of nitrogens with one attached hydrogen (secondary N) is 1. The maximum Gasteiger partial charge on any atom is 0.244 e. The second-order valence-corrected chi connectivity index (χ2v) is 10.9. The zero-order valence-corrected chi connectivity index (χ0v) is 21.4. The van der Waals surface area contributed by atoms with Crippen LogP contribution in [0.5, 0.6) is 0 Å². The van der Waals surface area contributed by atoms with E-state index in [2.05, 4.69) is 5.32 Å². The minimum Gasteiger partial charge on any atom is -0.325 e. The fourth-order valence-electron chi connectivity index (χ4n) is 3.70. The highest BCUT2D eigenvalue weighted by Crippen LogP contribution is 2.28. The van der Waals surface area contributed by atoms with Crippen LogP contribution in [0.1, 0.15) is 22.3 Å². The van der Waals surface area contributed by atoms with E-state index >= 15 is 0 Å². The molecule has 0 unspecified atom stereocenters. The molecule has 1 N–H and O–H groups in total. The van der Waals surface area contributed by atoms with Gasteiger partial charge in [0.25, 0.3) is 0 Å². The van der Waals surface area contributed by atoms with E-state index in [1.54, 1.807) is 56.3 Å². The third-order valence-corrected chi connectivity index (χ3v) is 8.05. The lowest BCUT2D eigenvalue weighted by atomic mass is 10.1. The van der Waals surface area contributed by atoms with Crippen LogP contribution in [-0.2, 0) is 21.4 Å². The molecule has 0 aliphatic carbocycles. The predicted octanol–water partition coefficient (Wildman–Crippen LogP) is 6.40. The molecule has 0 radical (unpaired) electrons. The molecule has 174 valence electrons. The van der Waals surface area contributed by atoms with E-state index in [-0.39, 0.29) is 11.4 Å². The molecule has 0 aliphatic heterocycles. The Balaban J connectivity index is 1.99. The molecule has 0 aromatic heterocycles. The summed E-state index contributed by atoms with van der Waals surface area (Å²) in [5.41, 5.74) is 3.26. The van der Waals surface area contributed by atoms with Gasteiger partial charge in [0.2, 0.25) is 15.9 Å². The number of benzene rings is 3. The first-order valence-electron chi connectivity index (χ1n) is 10.0. The average molecular weight is 526 g/mol. The molecule has 0 saturated carbocycles. The molecule has 3 aromatic carbocycles. The molecule has 3 aromatic rings. The Bertz CT molecular complexity index is 1290. The molecule has 0 fully saturated rings. The SMILES string of the molecule is Cc1cc(C)c(S(=O)(=O)N(CC(=O)Nc2cccc(Cl)c2)Cc2ccc(Cl)c(Cl)c2)c(C)c1. The molecule has 9 heteroatoms. The first-order valence-corrected chi connectivity index (χ1v) is 12.6. The van der Waals surface area contributed by atoms with Gasteiger partial charge in [0.15, 0.2) is 0 Å². The second-order valence-electron chi connectivity index (χ2n) is 7.81. The zero-order chi connectivity index (χ0) is 24.3. The number of halogens is 3.